The van der Waals surface area contributed by atoms with Gasteiger partial charge in [-0.3, -0.25) is 4.79 Å². The molecule has 6 heteroatoms. The summed E-state index contributed by atoms with van der Waals surface area (Å²) in [7, 11) is 0. The van der Waals surface area contributed by atoms with E-state index in [0.29, 0.717) is 12.1 Å². The number of rotatable bonds is 4. The minimum absolute atomic E-state index is 0.0541. The standard InChI is InChI=1S/C24H19N5O/c1-16-26-27-23-13-12-22(28-29(16)23)19-9-5-10-20(14-19)25-24(30)15-18-8-4-7-17-6-2-3-11-21(17)18/h2-14H,15H2,1H3,(H,25,30). The van der Waals surface area contributed by atoms with Gasteiger partial charge in [0.1, 0.15) is 0 Å². The Kier molecular flexibility index (Phi) is 4.44. The number of amides is 1. The summed E-state index contributed by atoms with van der Waals surface area (Å²) in [5, 5.41) is 18.0. The van der Waals surface area contributed by atoms with Crippen molar-refractivity contribution in [1.29, 1.82) is 0 Å². The highest BCUT2D eigenvalue weighted by atomic mass is 16.1. The molecule has 2 aromatic heterocycles. The molecule has 0 aliphatic heterocycles. The third kappa shape index (κ3) is 3.39. The van der Waals surface area contributed by atoms with E-state index in [9.17, 15) is 4.79 Å². The van der Waals surface area contributed by atoms with Gasteiger partial charge in [-0.15, -0.1) is 10.2 Å². The van der Waals surface area contributed by atoms with Crippen LogP contribution in [0.15, 0.2) is 78.9 Å². The topological polar surface area (TPSA) is 72.2 Å². The van der Waals surface area contributed by atoms with Crippen molar-refractivity contribution in [1.82, 2.24) is 19.8 Å². The fourth-order valence-electron chi connectivity index (χ4n) is 3.63. The van der Waals surface area contributed by atoms with Crippen molar-refractivity contribution in [3.05, 3.63) is 90.3 Å². The van der Waals surface area contributed by atoms with E-state index >= 15 is 0 Å². The molecule has 0 spiro atoms. The van der Waals surface area contributed by atoms with Crippen LogP contribution in [0.2, 0.25) is 0 Å². The van der Waals surface area contributed by atoms with Crippen molar-refractivity contribution in [2.75, 3.05) is 5.32 Å². The number of anilines is 1. The normalized spacial score (nSPS) is 11.1. The van der Waals surface area contributed by atoms with Gasteiger partial charge in [0, 0.05) is 11.3 Å². The number of nitrogens with zero attached hydrogens (tertiary/aromatic N) is 4. The Morgan fingerprint density at radius 2 is 1.77 bits per heavy atom. The minimum Gasteiger partial charge on any atom is -0.326 e. The van der Waals surface area contributed by atoms with Gasteiger partial charge in [-0.2, -0.15) is 9.61 Å². The van der Waals surface area contributed by atoms with Crippen LogP contribution in [-0.4, -0.2) is 25.7 Å². The average Bonchev–Trinajstić information content (AvgIpc) is 3.14. The molecule has 0 aliphatic rings. The first-order valence-corrected chi connectivity index (χ1v) is 9.73. The van der Waals surface area contributed by atoms with Gasteiger partial charge in [0.15, 0.2) is 11.5 Å². The van der Waals surface area contributed by atoms with Crippen LogP contribution in [-0.2, 0) is 11.2 Å². The lowest BCUT2D eigenvalue weighted by atomic mass is 10.0. The zero-order chi connectivity index (χ0) is 20.5. The van der Waals surface area contributed by atoms with Crippen LogP contribution in [0.25, 0.3) is 27.7 Å². The first-order valence-electron chi connectivity index (χ1n) is 9.73. The van der Waals surface area contributed by atoms with Crippen LogP contribution in [0, 0.1) is 6.92 Å². The molecule has 5 aromatic rings. The Balaban J connectivity index is 1.38. The molecule has 0 fully saturated rings. The van der Waals surface area contributed by atoms with Crippen LogP contribution in [0.4, 0.5) is 5.69 Å². The van der Waals surface area contributed by atoms with Crippen LogP contribution in [0.1, 0.15) is 11.4 Å². The summed E-state index contributed by atoms with van der Waals surface area (Å²) in [6.07, 6.45) is 0.315. The van der Waals surface area contributed by atoms with E-state index in [1.165, 1.54) is 0 Å². The van der Waals surface area contributed by atoms with Gasteiger partial charge in [-0.1, -0.05) is 54.6 Å². The lowest BCUT2D eigenvalue weighted by Crippen LogP contribution is -2.14. The maximum atomic E-state index is 12.7. The Morgan fingerprint density at radius 3 is 2.70 bits per heavy atom. The van der Waals surface area contributed by atoms with E-state index in [1.54, 1.807) is 4.52 Å². The van der Waals surface area contributed by atoms with Crippen LogP contribution >= 0.6 is 0 Å². The molecule has 0 bridgehead atoms. The first-order chi connectivity index (χ1) is 14.7. The zero-order valence-electron chi connectivity index (χ0n) is 16.4. The Bertz CT molecular complexity index is 1380. The average molecular weight is 393 g/mol. The number of aryl methyl sites for hydroxylation is 1. The van der Waals surface area contributed by atoms with Gasteiger partial charge >= 0.3 is 0 Å². The van der Waals surface area contributed by atoms with Gasteiger partial charge in [-0.05, 0) is 47.5 Å². The molecule has 1 N–H and O–H groups in total. The summed E-state index contributed by atoms with van der Waals surface area (Å²) in [6, 6.07) is 25.6. The molecule has 0 radical (unpaired) electrons. The van der Waals surface area contributed by atoms with Crippen LogP contribution < -0.4 is 5.32 Å². The molecule has 0 saturated carbocycles. The molecular weight excluding hydrogens is 374 g/mol. The molecule has 0 atom stereocenters. The second-order valence-electron chi connectivity index (χ2n) is 7.18. The summed E-state index contributed by atoms with van der Waals surface area (Å²) in [5.74, 6) is 0.674. The largest absolute Gasteiger partial charge is 0.326 e. The Labute approximate surface area is 173 Å². The fraction of sp³-hybridized carbons (Fsp3) is 0.0833. The van der Waals surface area contributed by atoms with Crippen LogP contribution in [0.3, 0.4) is 0 Å². The number of fused-ring (bicyclic) bond motifs is 2. The lowest BCUT2D eigenvalue weighted by Gasteiger charge is -2.09. The molecule has 0 saturated heterocycles. The maximum absolute atomic E-state index is 12.7. The van der Waals surface area contributed by atoms with Gasteiger partial charge in [-0.25, -0.2) is 0 Å². The number of nitrogens with one attached hydrogen (secondary N) is 1. The predicted molar refractivity (Wildman–Crippen MR) is 117 cm³/mol. The highest BCUT2D eigenvalue weighted by molar-refractivity contribution is 5.96. The van der Waals surface area contributed by atoms with Crippen molar-refractivity contribution in [2.24, 2.45) is 0 Å². The summed E-state index contributed by atoms with van der Waals surface area (Å²) < 4.78 is 1.71. The predicted octanol–water partition coefficient (Wildman–Crippen LogP) is 4.43. The number of carbonyl (C=O) groups is 1. The molecular formula is C24H19N5O. The highest BCUT2D eigenvalue weighted by Crippen LogP contribution is 2.23. The molecule has 146 valence electrons. The number of hydrogen-bond acceptors (Lipinski definition) is 4. The fourth-order valence-corrected chi connectivity index (χ4v) is 3.63. The SMILES string of the molecule is Cc1nnc2ccc(-c3cccc(NC(=O)Cc4cccc5ccccc45)c3)nn12. The number of carbonyl (C=O) groups excluding carboxylic acids is 1. The molecule has 2 heterocycles. The lowest BCUT2D eigenvalue weighted by molar-refractivity contribution is -0.115. The minimum atomic E-state index is -0.0541. The second kappa shape index (κ2) is 7.40. The van der Waals surface area contributed by atoms with E-state index in [-0.39, 0.29) is 5.91 Å². The molecule has 5 rings (SSSR count). The molecule has 1 amide bonds. The van der Waals surface area contributed by atoms with Gasteiger partial charge in [0.2, 0.25) is 5.91 Å². The zero-order valence-corrected chi connectivity index (χ0v) is 16.4. The maximum Gasteiger partial charge on any atom is 0.228 e. The van der Waals surface area contributed by atoms with Gasteiger partial charge in [0.05, 0.1) is 12.1 Å². The third-order valence-corrected chi connectivity index (χ3v) is 5.09. The highest BCUT2D eigenvalue weighted by Gasteiger charge is 2.10. The summed E-state index contributed by atoms with van der Waals surface area (Å²) in [6.45, 7) is 1.86. The third-order valence-electron chi connectivity index (χ3n) is 5.09. The van der Waals surface area contributed by atoms with Crippen LogP contribution in [0.5, 0.6) is 0 Å². The van der Waals surface area contributed by atoms with Crippen molar-refractivity contribution in [3.63, 3.8) is 0 Å². The van der Waals surface area contributed by atoms with Crippen molar-refractivity contribution >= 4 is 28.0 Å². The van der Waals surface area contributed by atoms with E-state index in [2.05, 4.69) is 32.7 Å². The Hall–Kier alpha value is -4.06. The van der Waals surface area contributed by atoms with E-state index in [1.807, 2.05) is 73.7 Å². The summed E-state index contributed by atoms with van der Waals surface area (Å²) >= 11 is 0. The molecule has 30 heavy (non-hydrogen) atoms. The second-order valence-corrected chi connectivity index (χ2v) is 7.18. The van der Waals surface area contributed by atoms with Crippen molar-refractivity contribution < 1.29 is 4.79 Å². The number of hydrogen-bond donors (Lipinski definition) is 1. The molecule has 0 unspecified atom stereocenters. The summed E-state index contributed by atoms with van der Waals surface area (Å²) in [5.41, 5.74) is 4.15. The number of benzene rings is 3. The molecule has 6 nitrogen and oxygen atoms in total. The quantitative estimate of drug-likeness (QED) is 0.490. The Morgan fingerprint density at radius 1 is 0.933 bits per heavy atom. The van der Waals surface area contributed by atoms with Crippen molar-refractivity contribution in [2.45, 2.75) is 13.3 Å². The first kappa shape index (κ1) is 18.0. The number of aromatic nitrogens is 4. The van der Waals surface area contributed by atoms with Gasteiger partial charge in [0.25, 0.3) is 0 Å². The van der Waals surface area contributed by atoms with E-state index in [4.69, 9.17) is 0 Å². The molecule has 0 aliphatic carbocycles. The van der Waals surface area contributed by atoms with E-state index < -0.39 is 0 Å². The van der Waals surface area contributed by atoms with E-state index in [0.717, 1.165) is 39.1 Å². The monoisotopic (exact) mass is 393 g/mol. The smallest absolute Gasteiger partial charge is 0.228 e. The van der Waals surface area contributed by atoms with Gasteiger partial charge < -0.3 is 5.32 Å². The summed E-state index contributed by atoms with van der Waals surface area (Å²) in [4.78, 5) is 12.7. The van der Waals surface area contributed by atoms with Crippen molar-refractivity contribution in [3.8, 4) is 11.3 Å². The molecule has 3 aromatic carbocycles.